The highest BCUT2D eigenvalue weighted by molar-refractivity contribution is 6.00. The molecule has 0 N–H and O–H groups in total. The van der Waals surface area contributed by atoms with E-state index in [0.29, 0.717) is 0 Å². The Labute approximate surface area is 326 Å². The van der Waals surface area contributed by atoms with Crippen LogP contribution in [0.2, 0.25) is 0 Å². The third-order valence-electron chi connectivity index (χ3n) is 12.8. The molecule has 0 radical (unpaired) electrons. The molecule has 0 fully saturated rings. The lowest BCUT2D eigenvalue weighted by atomic mass is 9.73. The fourth-order valence-electron chi connectivity index (χ4n) is 10.3. The van der Waals surface area contributed by atoms with Gasteiger partial charge in [-0.05, 0) is 104 Å². The third-order valence-corrected chi connectivity index (χ3v) is 12.8. The molecule has 0 saturated heterocycles. The number of anilines is 3. The smallest absolute Gasteiger partial charge is 0.134 e. The molecule has 264 valence electrons. The number of benzene rings is 8. The molecule has 12 rings (SSSR count). The van der Waals surface area contributed by atoms with Crippen molar-refractivity contribution in [2.45, 2.75) is 24.7 Å². The monoisotopic (exact) mass is 715 g/mol. The molecule has 0 saturated carbocycles. The van der Waals surface area contributed by atoms with Crippen molar-refractivity contribution in [2.75, 3.05) is 4.90 Å². The minimum absolute atomic E-state index is 0.136. The molecule has 8 aromatic carbocycles. The summed E-state index contributed by atoms with van der Waals surface area (Å²) in [5.74, 6) is 1.04. The number of hydrogen-bond acceptors (Lipinski definition) is 2. The molecule has 0 unspecified atom stereocenters. The molecule has 0 bridgehead atoms. The fourth-order valence-corrected chi connectivity index (χ4v) is 10.3. The Morgan fingerprint density at radius 2 is 1.00 bits per heavy atom. The van der Waals surface area contributed by atoms with Crippen molar-refractivity contribution in [3.8, 4) is 39.1 Å². The summed E-state index contributed by atoms with van der Waals surface area (Å²) < 4.78 is 2.47. The van der Waals surface area contributed by atoms with E-state index in [4.69, 9.17) is 4.98 Å². The van der Waals surface area contributed by atoms with E-state index in [-0.39, 0.29) is 5.41 Å². The van der Waals surface area contributed by atoms with Crippen LogP contribution in [0.3, 0.4) is 0 Å². The lowest BCUT2D eigenvalue weighted by Crippen LogP contribution is -2.27. The van der Waals surface area contributed by atoms with Crippen molar-refractivity contribution < 1.29 is 0 Å². The lowest BCUT2D eigenvalue weighted by molar-refractivity contribution is 0.660. The van der Waals surface area contributed by atoms with Crippen LogP contribution >= 0.6 is 0 Å². The zero-order valence-electron chi connectivity index (χ0n) is 31.2. The van der Waals surface area contributed by atoms with Crippen molar-refractivity contribution in [1.82, 2.24) is 9.55 Å². The van der Waals surface area contributed by atoms with Crippen LogP contribution in [0.15, 0.2) is 188 Å². The van der Waals surface area contributed by atoms with Gasteiger partial charge in [-0.25, -0.2) is 4.98 Å². The van der Waals surface area contributed by atoms with Crippen molar-refractivity contribution in [1.29, 1.82) is 0 Å². The van der Waals surface area contributed by atoms with Gasteiger partial charge in [-0.2, -0.15) is 0 Å². The minimum atomic E-state index is -0.536. The van der Waals surface area contributed by atoms with Gasteiger partial charge in [-0.3, -0.25) is 4.57 Å². The van der Waals surface area contributed by atoms with Gasteiger partial charge in [0.05, 0.1) is 22.4 Å². The second-order valence-electron chi connectivity index (χ2n) is 15.9. The maximum absolute atomic E-state index is 5.67. The Kier molecular flexibility index (Phi) is 6.32. The highest BCUT2D eigenvalue weighted by atomic mass is 15.2. The van der Waals surface area contributed by atoms with E-state index >= 15 is 0 Å². The Hall–Kier alpha value is -6.97. The van der Waals surface area contributed by atoms with E-state index in [1.807, 2.05) is 0 Å². The highest BCUT2D eigenvalue weighted by Crippen LogP contribution is 2.61. The van der Waals surface area contributed by atoms with Crippen LogP contribution in [0.4, 0.5) is 17.1 Å². The molecule has 2 aliphatic carbocycles. The van der Waals surface area contributed by atoms with Gasteiger partial charge in [0.15, 0.2) is 0 Å². The van der Waals surface area contributed by atoms with Gasteiger partial charge in [0.2, 0.25) is 0 Å². The van der Waals surface area contributed by atoms with Gasteiger partial charge >= 0.3 is 0 Å². The molecule has 1 aliphatic heterocycles. The zero-order chi connectivity index (χ0) is 37.2. The van der Waals surface area contributed by atoms with E-state index in [1.54, 1.807) is 0 Å². The first-order valence-electron chi connectivity index (χ1n) is 19.6. The van der Waals surface area contributed by atoms with Gasteiger partial charge in [-0.1, -0.05) is 159 Å². The topological polar surface area (TPSA) is 21.1 Å². The van der Waals surface area contributed by atoms with Gasteiger partial charge in [0.25, 0.3) is 0 Å². The summed E-state index contributed by atoms with van der Waals surface area (Å²) >= 11 is 0. The van der Waals surface area contributed by atoms with E-state index < -0.39 is 5.41 Å². The predicted octanol–water partition coefficient (Wildman–Crippen LogP) is 13.1. The van der Waals surface area contributed by atoms with Gasteiger partial charge in [-0.15, -0.1) is 0 Å². The van der Waals surface area contributed by atoms with Crippen molar-refractivity contribution in [2.24, 2.45) is 0 Å². The molecule has 3 nitrogen and oxygen atoms in total. The van der Waals surface area contributed by atoms with E-state index in [9.17, 15) is 0 Å². The van der Waals surface area contributed by atoms with Crippen molar-refractivity contribution in [3.05, 3.63) is 222 Å². The molecule has 0 amide bonds. The number of fused-ring (bicyclic) bond motifs is 15. The maximum Gasteiger partial charge on any atom is 0.134 e. The van der Waals surface area contributed by atoms with Crippen LogP contribution < -0.4 is 4.90 Å². The third kappa shape index (κ3) is 3.99. The van der Waals surface area contributed by atoms with Crippen LogP contribution in [-0.4, -0.2) is 9.55 Å². The van der Waals surface area contributed by atoms with Gasteiger partial charge in [0, 0.05) is 16.8 Å². The number of para-hydroxylation sites is 2. The quantitative estimate of drug-likeness (QED) is 0.181. The minimum Gasteiger partial charge on any atom is -0.308 e. The summed E-state index contributed by atoms with van der Waals surface area (Å²) in [5.41, 5.74) is 20.1. The van der Waals surface area contributed by atoms with E-state index in [0.717, 1.165) is 33.9 Å². The second kappa shape index (κ2) is 11.3. The first-order valence-corrected chi connectivity index (χ1v) is 19.6. The molecule has 1 aromatic heterocycles. The number of aromatic nitrogens is 2. The van der Waals surface area contributed by atoms with Gasteiger partial charge in [0.1, 0.15) is 11.2 Å². The summed E-state index contributed by atoms with van der Waals surface area (Å²) in [4.78, 5) is 8.12. The predicted molar refractivity (Wildman–Crippen MR) is 230 cm³/mol. The SMILES string of the molecule is CC1(C)c2ccccc2-c2ccc(N(c3ccc(-c4ccccc4)cc3)c3cccc4nc5n(c34)-c3ccccc3C53c4ccccc4-c4ccccc43)cc21. The lowest BCUT2D eigenvalue weighted by Gasteiger charge is -2.29. The Morgan fingerprint density at radius 1 is 0.446 bits per heavy atom. The first-order chi connectivity index (χ1) is 27.5. The zero-order valence-corrected chi connectivity index (χ0v) is 31.2. The second-order valence-corrected chi connectivity index (χ2v) is 15.9. The van der Waals surface area contributed by atoms with Gasteiger partial charge < -0.3 is 4.90 Å². The van der Waals surface area contributed by atoms with Crippen molar-refractivity contribution >= 4 is 28.1 Å². The molecule has 3 heteroatoms. The van der Waals surface area contributed by atoms with Crippen LogP contribution in [0.1, 0.15) is 47.5 Å². The number of rotatable bonds is 4. The molecule has 2 heterocycles. The van der Waals surface area contributed by atoms with Crippen LogP contribution in [-0.2, 0) is 10.8 Å². The molecule has 9 aromatic rings. The molecule has 56 heavy (non-hydrogen) atoms. The number of imidazole rings is 1. The summed E-state index contributed by atoms with van der Waals surface area (Å²) in [6, 6.07) is 69.1. The average Bonchev–Trinajstić information content (AvgIpc) is 3.94. The molecule has 0 atom stereocenters. The maximum atomic E-state index is 5.67. The largest absolute Gasteiger partial charge is 0.308 e. The Balaban J connectivity index is 1.14. The normalized spacial score (nSPS) is 14.5. The number of nitrogens with zero attached hydrogens (tertiary/aromatic N) is 3. The Bertz CT molecular complexity index is 3010. The average molecular weight is 716 g/mol. The van der Waals surface area contributed by atoms with E-state index in [2.05, 4.69) is 211 Å². The van der Waals surface area contributed by atoms with Crippen LogP contribution in [0.5, 0.6) is 0 Å². The summed E-state index contributed by atoms with van der Waals surface area (Å²) in [6.45, 7) is 4.72. The number of hydrogen-bond donors (Lipinski definition) is 0. The summed E-state index contributed by atoms with van der Waals surface area (Å²) in [7, 11) is 0. The van der Waals surface area contributed by atoms with Crippen LogP contribution in [0, 0.1) is 0 Å². The molecule has 1 spiro atoms. The van der Waals surface area contributed by atoms with Crippen LogP contribution in [0.25, 0.3) is 50.1 Å². The molecular weight excluding hydrogens is 679 g/mol. The van der Waals surface area contributed by atoms with E-state index in [1.165, 1.54) is 66.9 Å². The summed E-state index contributed by atoms with van der Waals surface area (Å²) in [5, 5.41) is 0. The fraction of sp³-hybridized carbons (Fsp3) is 0.0755. The summed E-state index contributed by atoms with van der Waals surface area (Å²) in [6.07, 6.45) is 0. The highest BCUT2D eigenvalue weighted by Gasteiger charge is 2.54. The van der Waals surface area contributed by atoms with Crippen molar-refractivity contribution in [3.63, 3.8) is 0 Å². The molecular formula is C53H37N3. The first kappa shape index (κ1) is 31.4. The standard InChI is InChI=1S/C53H37N3/c1-52(2)42-20-9-6-17-38(42)41-32-31-37(33-46(41)52)55(36-29-27-35(28-30-36)34-15-4-3-5-16-34)49-26-14-24-47-50(49)56-48-25-13-12-23-45(48)53(51(56)54-47)43-21-10-7-18-39(43)40-19-8-11-22-44(40)53/h3-33H,1-2H3. The Morgan fingerprint density at radius 3 is 1.71 bits per heavy atom. The molecule has 3 aliphatic rings.